The molecule has 2 aliphatic carbocycles. The summed E-state index contributed by atoms with van der Waals surface area (Å²) in [6.07, 6.45) is -1.79. The van der Waals surface area contributed by atoms with Crippen LogP contribution in [-0.2, 0) is 19.1 Å². The molecule has 0 radical (unpaired) electrons. The van der Waals surface area contributed by atoms with Gasteiger partial charge in [0, 0.05) is 22.8 Å². The lowest BCUT2D eigenvalue weighted by Gasteiger charge is -2.35. The van der Waals surface area contributed by atoms with Gasteiger partial charge in [-0.15, -0.1) is 0 Å². The molecule has 1 aliphatic heterocycles. The summed E-state index contributed by atoms with van der Waals surface area (Å²) < 4.78 is 47.7. The van der Waals surface area contributed by atoms with Gasteiger partial charge in [-0.05, 0) is 72.0 Å². The summed E-state index contributed by atoms with van der Waals surface area (Å²) in [6.45, 7) is 7.25. The highest BCUT2D eigenvalue weighted by Gasteiger charge is 2.70. The SMILES string of the molecule is C[C@@H](OC1(C)CC1)[C@H](NC(=O)C(F)(F)F)C(=O)N1C[C@H]2[C@@H]([C@H]1C(=O)NC(C#N)c1cnn3cccc(Br)c13)C2(C)C. The number of alkyl halides is 3. The summed E-state index contributed by atoms with van der Waals surface area (Å²) in [4.78, 5) is 40.8. The summed E-state index contributed by atoms with van der Waals surface area (Å²) in [6, 6.07) is 1.76. The number of likely N-dealkylation sites (tertiary alicyclic amines) is 1. The van der Waals surface area contributed by atoms with Crippen LogP contribution in [-0.4, -0.2) is 68.7 Å². The molecule has 2 N–H and O–H groups in total. The fourth-order valence-electron chi connectivity index (χ4n) is 6.05. The van der Waals surface area contributed by atoms with Crippen LogP contribution in [0.3, 0.4) is 0 Å². The van der Waals surface area contributed by atoms with Gasteiger partial charge in [0.15, 0.2) is 0 Å². The third kappa shape index (κ3) is 5.30. The lowest BCUT2D eigenvalue weighted by atomic mass is 9.98. The molecule has 3 heterocycles. The molecule has 6 atom stereocenters. The number of nitriles is 1. The summed E-state index contributed by atoms with van der Waals surface area (Å²) >= 11 is 3.44. The number of fused-ring (bicyclic) bond motifs is 2. The molecule has 0 aromatic carbocycles. The molecule has 3 aliphatic rings. The Morgan fingerprint density at radius 1 is 1.24 bits per heavy atom. The van der Waals surface area contributed by atoms with Crippen LogP contribution in [0.5, 0.6) is 0 Å². The minimum absolute atomic E-state index is 0.0787. The van der Waals surface area contributed by atoms with E-state index in [-0.39, 0.29) is 23.8 Å². The Kier molecular flexibility index (Phi) is 7.13. The van der Waals surface area contributed by atoms with E-state index >= 15 is 0 Å². The molecule has 3 amide bonds. The molecule has 5 rings (SSSR count). The van der Waals surface area contributed by atoms with Crippen LogP contribution in [0, 0.1) is 28.6 Å². The molecule has 41 heavy (non-hydrogen) atoms. The Bertz CT molecular complexity index is 1450. The van der Waals surface area contributed by atoms with Crippen molar-refractivity contribution >= 4 is 39.2 Å². The number of nitrogens with zero attached hydrogens (tertiary/aromatic N) is 4. The zero-order valence-electron chi connectivity index (χ0n) is 22.8. The second-order valence-corrected chi connectivity index (χ2v) is 12.8. The van der Waals surface area contributed by atoms with E-state index in [1.807, 2.05) is 19.2 Å². The third-order valence-electron chi connectivity index (χ3n) is 8.71. The molecule has 1 saturated heterocycles. The van der Waals surface area contributed by atoms with Crippen molar-refractivity contribution in [2.24, 2.45) is 17.3 Å². The van der Waals surface area contributed by atoms with Crippen LogP contribution in [0.1, 0.15) is 52.1 Å². The number of ether oxygens (including phenoxy) is 1. The number of amides is 3. The number of hydrogen-bond acceptors (Lipinski definition) is 6. The number of halogens is 4. The molecule has 220 valence electrons. The van der Waals surface area contributed by atoms with Gasteiger partial charge in [-0.3, -0.25) is 14.4 Å². The predicted octanol–water partition coefficient (Wildman–Crippen LogP) is 3.27. The van der Waals surface area contributed by atoms with Gasteiger partial charge in [-0.25, -0.2) is 4.52 Å². The Morgan fingerprint density at radius 3 is 2.54 bits per heavy atom. The first-order valence-corrected chi connectivity index (χ1v) is 14.1. The average molecular weight is 639 g/mol. The first-order chi connectivity index (χ1) is 19.1. The Morgan fingerprint density at radius 2 is 1.93 bits per heavy atom. The Balaban J connectivity index is 1.42. The fourth-order valence-corrected chi connectivity index (χ4v) is 6.61. The van der Waals surface area contributed by atoms with E-state index in [2.05, 4.69) is 32.4 Å². The van der Waals surface area contributed by atoms with Gasteiger partial charge < -0.3 is 20.3 Å². The van der Waals surface area contributed by atoms with Gasteiger partial charge in [0.2, 0.25) is 11.8 Å². The second kappa shape index (κ2) is 9.97. The van der Waals surface area contributed by atoms with Gasteiger partial charge >= 0.3 is 12.1 Å². The smallest absolute Gasteiger partial charge is 0.370 e. The standard InChI is InChI=1S/C27H30BrF3N6O4/c1-13(41-26(4)7-8-26)19(35-24(40)27(29,30)31)23(39)36-12-15-18(25(15,2)3)21(36)22(38)34-17(10-32)14-11-33-37-9-5-6-16(28)20(14)37/h5-6,9,11,13,15,17-19,21H,7-8,12H2,1-4H3,(H,34,38)(H,35,40)/t13-,15+,17?,18+,19+,21+/m1/s1. The maximum atomic E-state index is 13.9. The zero-order valence-corrected chi connectivity index (χ0v) is 24.4. The minimum atomic E-state index is -5.21. The van der Waals surface area contributed by atoms with Gasteiger partial charge in [-0.1, -0.05) is 13.8 Å². The van der Waals surface area contributed by atoms with Crippen molar-refractivity contribution in [1.29, 1.82) is 5.26 Å². The Hall–Kier alpha value is -3.18. The van der Waals surface area contributed by atoms with Crippen molar-refractivity contribution in [3.8, 4) is 6.07 Å². The van der Waals surface area contributed by atoms with E-state index in [1.54, 1.807) is 29.8 Å². The van der Waals surface area contributed by atoms with E-state index in [4.69, 9.17) is 4.74 Å². The van der Waals surface area contributed by atoms with E-state index in [0.717, 1.165) is 0 Å². The third-order valence-corrected chi connectivity index (χ3v) is 9.35. The monoisotopic (exact) mass is 638 g/mol. The first kappa shape index (κ1) is 29.3. The molecular weight excluding hydrogens is 609 g/mol. The summed E-state index contributed by atoms with van der Waals surface area (Å²) in [5, 5.41) is 18.8. The second-order valence-electron chi connectivity index (χ2n) is 11.9. The fraction of sp³-hybridized carbons (Fsp3) is 0.593. The topological polar surface area (TPSA) is 129 Å². The van der Waals surface area contributed by atoms with Crippen LogP contribution in [0.2, 0.25) is 0 Å². The normalized spacial score (nSPS) is 25.9. The minimum Gasteiger partial charge on any atom is -0.370 e. The van der Waals surface area contributed by atoms with E-state index < -0.39 is 53.7 Å². The molecule has 0 bridgehead atoms. The maximum absolute atomic E-state index is 13.9. The molecule has 14 heteroatoms. The predicted molar refractivity (Wildman–Crippen MR) is 142 cm³/mol. The number of carbonyl (C=O) groups is 3. The number of piperidine rings is 1. The molecule has 2 aromatic rings. The van der Waals surface area contributed by atoms with Crippen LogP contribution in [0.4, 0.5) is 13.2 Å². The highest BCUT2D eigenvalue weighted by Crippen LogP contribution is 2.65. The van der Waals surface area contributed by atoms with Crippen molar-refractivity contribution in [1.82, 2.24) is 25.1 Å². The van der Waals surface area contributed by atoms with Gasteiger partial charge in [-0.2, -0.15) is 23.5 Å². The quantitative estimate of drug-likeness (QED) is 0.457. The van der Waals surface area contributed by atoms with Gasteiger partial charge in [0.25, 0.3) is 0 Å². The molecule has 1 unspecified atom stereocenters. The maximum Gasteiger partial charge on any atom is 0.471 e. The summed E-state index contributed by atoms with van der Waals surface area (Å²) in [7, 11) is 0. The molecule has 10 nitrogen and oxygen atoms in total. The van der Waals surface area contributed by atoms with Gasteiger partial charge in [0.05, 0.1) is 29.5 Å². The van der Waals surface area contributed by atoms with E-state index in [0.29, 0.717) is 28.4 Å². The lowest BCUT2D eigenvalue weighted by molar-refractivity contribution is -0.177. The molecular formula is C27H30BrF3N6O4. The largest absolute Gasteiger partial charge is 0.471 e. The summed E-state index contributed by atoms with van der Waals surface area (Å²) in [5.41, 5.74) is 0.127. The summed E-state index contributed by atoms with van der Waals surface area (Å²) in [5.74, 6) is -4.07. The first-order valence-electron chi connectivity index (χ1n) is 13.3. The number of pyridine rings is 1. The number of nitrogens with one attached hydrogen (secondary N) is 2. The van der Waals surface area contributed by atoms with Crippen LogP contribution in [0.25, 0.3) is 5.52 Å². The zero-order chi connectivity index (χ0) is 30.1. The van der Waals surface area contributed by atoms with E-state index in [9.17, 15) is 32.8 Å². The van der Waals surface area contributed by atoms with Crippen molar-refractivity contribution in [3.63, 3.8) is 0 Å². The van der Waals surface area contributed by atoms with Crippen LogP contribution in [0.15, 0.2) is 29.0 Å². The molecule has 0 spiro atoms. The van der Waals surface area contributed by atoms with Gasteiger partial charge in [0.1, 0.15) is 18.1 Å². The van der Waals surface area contributed by atoms with Crippen LogP contribution >= 0.6 is 15.9 Å². The number of hydrogen-bond donors (Lipinski definition) is 2. The van der Waals surface area contributed by atoms with Crippen molar-refractivity contribution in [3.05, 3.63) is 34.6 Å². The average Bonchev–Trinajstić information content (AvgIpc) is 3.52. The lowest BCUT2D eigenvalue weighted by Crippen LogP contribution is -2.60. The number of rotatable bonds is 8. The van der Waals surface area contributed by atoms with Crippen LogP contribution < -0.4 is 10.6 Å². The molecule has 2 saturated carbocycles. The van der Waals surface area contributed by atoms with Crippen molar-refractivity contribution in [2.45, 2.75) is 76.5 Å². The molecule has 2 aromatic heterocycles. The highest BCUT2D eigenvalue weighted by atomic mass is 79.9. The highest BCUT2D eigenvalue weighted by molar-refractivity contribution is 9.10. The number of carbonyl (C=O) groups excluding carboxylic acids is 3. The molecule has 3 fully saturated rings. The van der Waals surface area contributed by atoms with E-state index in [1.165, 1.54) is 18.0 Å². The van der Waals surface area contributed by atoms with Crippen molar-refractivity contribution in [2.75, 3.05) is 6.54 Å². The van der Waals surface area contributed by atoms with Crippen molar-refractivity contribution < 1.29 is 32.3 Å². The number of aromatic nitrogens is 2. The Labute approximate surface area is 242 Å².